The minimum Gasteiger partial charge on any atom is -0.493 e. The van der Waals surface area contributed by atoms with E-state index in [1.165, 1.54) is 0 Å². The molecule has 0 saturated carbocycles. The van der Waals surface area contributed by atoms with Crippen molar-refractivity contribution in [1.29, 1.82) is 0 Å². The Kier molecular flexibility index (Phi) is 3.52. The van der Waals surface area contributed by atoms with Gasteiger partial charge < -0.3 is 14.4 Å². The van der Waals surface area contributed by atoms with Crippen LogP contribution in [0.15, 0.2) is 23.2 Å². The maximum atomic E-state index is 5.45. The van der Waals surface area contributed by atoms with Gasteiger partial charge in [0, 0.05) is 12.1 Å². The predicted octanol–water partition coefficient (Wildman–Crippen LogP) is 2.11. The third-order valence-corrected chi connectivity index (χ3v) is 3.10. The molecule has 1 atom stereocenters. The molecule has 1 heterocycles. The number of aliphatic imine (C=N–C) groups is 1. The van der Waals surface area contributed by atoms with Gasteiger partial charge in [0.1, 0.15) is 0 Å². The highest BCUT2D eigenvalue weighted by Crippen LogP contribution is 2.36. The van der Waals surface area contributed by atoms with Crippen LogP contribution in [-0.2, 0) is 0 Å². The summed E-state index contributed by atoms with van der Waals surface area (Å²) in [6.45, 7) is 3.98. The number of hydrogen-bond acceptors (Lipinski definition) is 4. The Morgan fingerprint density at radius 3 is 2.71 bits per heavy atom. The van der Waals surface area contributed by atoms with Crippen molar-refractivity contribution in [1.82, 2.24) is 4.90 Å². The Hall–Kier alpha value is -1.71. The molecule has 0 spiro atoms. The summed E-state index contributed by atoms with van der Waals surface area (Å²) in [4.78, 5) is 6.44. The lowest BCUT2D eigenvalue weighted by Crippen LogP contribution is -2.24. The SMILES string of the molecule is COc1cccc(C(C)N2C=NCC2)c1OC. The van der Waals surface area contributed by atoms with Gasteiger partial charge in [-0.05, 0) is 13.0 Å². The first-order valence-corrected chi connectivity index (χ1v) is 5.74. The molecule has 2 rings (SSSR count). The third-order valence-electron chi connectivity index (χ3n) is 3.10. The Morgan fingerprint density at radius 1 is 1.29 bits per heavy atom. The first kappa shape index (κ1) is 11.8. The van der Waals surface area contributed by atoms with Crippen LogP contribution in [0.1, 0.15) is 18.5 Å². The fraction of sp³-hybridized carbons (Fsp3) is 0.462. The molecule has 0 saturated heterocycles. The van der Waals surface area contributed by atoms with Gasteiger partial charge in [0.25, 0.3) is 0 Å². The van der Waals surface area contributed by atoms with E-state index in [4.69, 9.17) is 9.47 Å². The number of rotatable bonds is 4. The molecule has 0 fully saturated rings. The van der Waals surface area contributed by atoms with Crippen LogP contribution >= 0.6 is 0 Å². The normalized spacial score (nSPS) is 16.1. The Balaban J connectivity index is 2.33. The molecule has 0 amide bonds. The van der Waals surface area contributed by atoms with Gasteiger partial charge in [-0.3, -0.25) is 4.99 Å². The van der Waals surface area contributed by atoms with E-state index in [-0.39, 0.29) is 6.04 Å². The molecule has 0 radical (unpaired) electrons. The summed E-state index contributed by atoms with van der Waals surface area (Å²) >= 11 is 0. The summed E-state index contributed by atoms with van der Waals surface area (Å²) in [6.07, 6.45) is 1.91. The summed E-state index contributed by atoms with van der Waals surface area (Å²) < 4.78 is 10.8. The number of para-hydroxylation sites is 1. The van der Waals surface area contributed by atoms with Gasteiger partial charge >= 0.3 is 0 Å². The van der Waals surface area contributed by atoms with Crippen LogP contribution in [0.5, 0.6) is 11.5 Å². The number of ether oxygens (including phenoxy) is 2. The zero-order chi connectivity index (χ0) is 12.3. The molecule has 0 aliphatic carbocycles. The second kappa shape index (κ2) is 5.08. The molecule has 1 aliphatic rings. The molecule has 1 aromatic carbocycles. The van der Waals surface area contributed by atoms with Crippen LogP contribution < -0.4 is 9.47 Å². The highest BCUT2D eigenvalue weighted by Gasteiger charge is 2.20. The van der Waals surface area contributed by atoms with Gasteiger partial charge in [0.2, 0.25) is 0 Å². The van der Waals surface area contributed by atoms with Crippen molar-refractivity contribution in [2.75, 3.05) is 27.3 Å². The molecule has 17 heavy (non-hydrogen) atoms. The standard InChI is InChI=1S/C13H18N2O2/c1-10(15-8-7-14-9-15)11-5-4-6-12(16-2)13(11)17-3/h4-6,9-10H,7-8H2,1-3H3. The molecular weight excluding hydrogens is 216 g/mol. The Bertz CT molecular complexity index is 418. The lowest BCUT2D eigenvalue weighted by atomic mass is 10.1. The largest absolute Gasteiger partial charge is 0.493 e. The zero-order valence-corrected chi connectivity index (χ0v) is 10.5. The fourth-order valence-corrected chi connectivity index (χ4v) is 2.11. The molecule has 0 N–H and O–H groups in total. The van der Waals surface area contributed by atoms with E-state index >= 15 is 0 Å². The van der Waals surface area contributed by atoms with Gasteiger partial charge in [-0.1, -0.05) is 12.1 Å². The molecule has 0 bridgehead atoms. The average molecular weight is 234 g/mol. The van der Waals surface area contributed by atoms with Crippen LogP contribution in [0.2, 0.25) is 0 Å². The van der Waals surface area contributed by atoms with Crippen molar-refractivity contribution in [3.8, 4) is 11.5 Å². The van der Waals surface area contributed by atoms with Crippen LogP contribution in [0, 0.1) is 0 Å². The summed E-state index contributed by atoms with van der Waals surface area (Å²) in [5.41, 5.74) is 1.13. The molecule has 1 aromatic rings. The maximum absolute atomic E-state index is 5.45. The smallest absolute Gasteiger partial charge is 0.165 e. The van der Waals surface area contributed by atoms with E-state index < -0.39 is 0 Å². The molecule has 1 aliphatic heterocycles. The maximum Gasteiger partial charge on any atom is 0.165 e. The van der Waals surface area contributed by atoms with Crippen molar-refractivity contribution < 1.29 is 9.47 Å². The van der Waals surface area contributed by atoms with Gasteiger partial charge in [-0.25, -0.2) is 0 Å². The minimum atomic E-state index is 0.242. The summed E-state index contributed by atoms with van der Waals surface area (Å²) in [5.74, 6) is 1.58. The van der Waals surface area contributed by atoms with E-state index in [2.05, 4.69) is 22.9 Å². The van der Waals surface area contributed by atoms with E-state index in [0.717, 1.165) is 30.2 Å². The second-order valence-corrected chi connectivity index (χ2v) is 4.02. The van der Waals surface area contributed by atoms with Crippen molar-refractivity contribution in [2.24, 2.45) is 4.99 Å². The summed E-state index contributed by atoms with van der Waals surface area (Å²) in [5, 5.41) is 0. The van der Waals surface area contributed by atoms with Gasteiger partial charge in [0.15, 0.2) is 11.5 Å². The highest BCUT2D eigenvalue weighted by molar-refractivity contribution is 5.59. The molecule has 4 heteroatoms. The van der Waals surface area contributed by atoms with Crippen molar-refractivity contribution in [2.45, 2.75) is 13.0 Å². The second-order valence-electron chi connectivity index (χ2n) is 4.02. The molecule has 1 unspecified atom stereocenters. The monoisotopic (exact) mass is 234 g/mol. The zero-order valence-electron chi connectivity index (χ0n) is 10.5. The van der Waals surface area contributed by atoms with Gasteiger partial charge in [0.05, 0.1) is 33.1 Å². The quantitative estimate of drug-likeness (QED) is 0.800. The summed E-state index contributed by atoms with van der Waals surface area (Å²) in [6, 6.07) is 6.21. The molecular formula is C13H18N2O2. The van der Waals surface area contributed by atoms with E-state index in [9.17, 15) is 0 Å². The first-order chi connectivity index (χ1) is 8.27. The lowest BCUT2D eigenvalue weighted by Gasteiger charge is -2.25. The first-order valence-electron chi connectivity index (χ1n) is 5.74. The third kappa shape index (κ3) is 2.20. The number of methoxy groups -OCH3 is 2. The predicted molar refractivity (Wildman–Crippen MR) is 68.0 cm³/mol. The fourth-order valence-electron chi connectivity index (χ4n) is 2.11. The van der Waals surface area contributed by atoms with Gasteiger partial charge in [-0.15, -0.1) is 0 Å². The molecule has 0 aromatic heterocycles. The van der Waals surface area contributed by atoms with E-state index in [1.807, 2.05) is 18.5 Å². The highest BCUT2D eigenvalue weighted by atomic mass is 16.5. The molecule has 4 nitrogen and oxygen atoms in total. The van der Waals surface area contributed by atoms with Crippen LogP contribution in [0.25, 0.3) is 0 Å². The molecule has 92 valence electrons. The van der Waals surface area contributed by atoms with Crippen molar-refractivity contribution in [3.05, 3.63) is 23.8 Å². The minimum absolute atomic E-state index is 0.242. The lowest BCUT2D eigenvalue weighted by molar-refractivity contribution is 0.327. The van der Waals surface area contributed by atoms with Crippen molar-refractivity contribution in [3.63, 3.8) is 0 Å². The number of nitrogens with zero attached hydrogens (tertiary/aromatic N) is 2. The van der Waals surface area contributed by atoms with Crippen molar-refractivity contribution >= 4 is 6.34 Å². The van der Waals surface area contributed by atoms with Crippen LogP contribution in [0.3, 0.4) is 0 Å². The van der Waals surface area contributed by atoms with E-state index in [1.54, 1.807) is 14.2 Å². The number of benzene rings is 1. The average Bonchev–Trinajstić information content (AvgIpc) is 2.90. The summed E-state index contributed by atoms with van der Waals surface area (Å²) in [7, 11) is 3.33. The Labute approximate surface area is 102 Å². The number of hydrogen-bond donors (Lipinski definition) is 0. The van der Waals surface area contributed by atoms with Crippen LogP contribution in [-0.4, -0.2) is 38.5 Å². The topological polar surface area (TPSA) is 34.1 Å². The van der Waals surface area contributed by atoms with Gasteiger partial charge in [-0.2, -0.15) is 0 Å². The van der Waals surface area contributed by atoms with Crippen LogP contribution in [0.4, 0.5) is 0 Å². The van der Waals surface area contributed by atoms with E-state index in [0.29, 0.717) is 0 Å². The Morgan fingerprint density at radius 2 is 2.12 bits per heavy atom.